The number of nitrogens with two attached hydrogens (primary N) is 2. The molecule has 1 aliphatic heterocycles. The molecule has 0 saturated heterocycles. The summed E-state index contributed by atoms with van der Waals surface area (Å²) in [6.45, 7) is 4.98. The molecule has 0 aliphatic carbocycles. The fourth-order valence-corrected chi connectivity index (χ4v) is 4.08. The van der Waals surface area contributed by atoms with Crippen LogP contribution in [-0.2, 0) is 16.1 Å². The van der Waals surface area contributed by atoms with Gasteiger partial charge < -0.3 is 11.5 Å². The van der Waals surface area contributed by atoms with Gasteiger partial charge in [0, 0.05) is 29.8 Å². The van der Waals surface area contributed by atoms with Crippen LogP contribution in [0.25, 0.3) is 17.2 Å². The lowest BCUT2D eigenvalue weighted by Crippen LogP contribution is -2.34. The summed E-state index contributed by atoms with van der Waals surface area (Å²) in [5.41, 5.74) is 19.4. The highest BCUT2D eigenvalue weighted by Crippen LogP contribution is 2.32. The number of nitrogen functional groups attached to an aromatic ring is 1. The molecule has 0 fully saturated rings. The van der Waals surface area contributed by atoms with Crippen molar-refractivity contribution < 1.29 is 9.63 Å². The van der Waals surface area contributed by atoms with Crippen LogP contribution >= 0.6 is 0 Å². The molecule has 0 atom stereocenters. The van der Waals surface area contributed by atoms with Crippen molar-refractivity contribution in [3.05, 3.63) is 89.0 Å². The minimum atomic E-state index is -0.182. The topological polar surface area (TPSA) is 93.9 Å². The summed E-state index contributed by atoms with van der Waals surface area (Å²) in [5, 5.41) is 1.45. The van der Waals surface area contributed by atoms with Gasteiger partial charge in [-0.3, -0.25) is 9.63 Å². The number of aryl methyl sites for hydroxylation is 1. The summed E-state index contributed by atoms with van der Waals surface area (Å²) in [6.07, 6.45) is 3.61. The summed E-state index contributed by atoms with van der Waals surface area (Å²) in [7, 11) is 0. The Morgan fingerprint density at radius 2 is 1.80 bits per heavy atom. The van der Waals surface area contributed by atoms with Crippen LogP contribution in [0.4, 0.5) is 11.4 Å². The van der Waals surface area contributed by atoms with E-state index in [1.54, 1.807) is 0 Å². The number of hydrogen-bond donors (Lipinski definition) is 2. The Labute approximate surface area is 206 Å². The number of nitrogens with zero attached hydrogens (tertiary/aromatic N) is 2. The molecule has 0 radical (unpaired) electrons. The Morgan fingerprint density at radius 1 is 1.03 bits per heavy atom. The standard InChI is InChI=1S/C29H32N4O2/c1-3-14-33(35-15-13-21-7-11-26(30)12-8-21)29(34)25-17-24-10-9-23(18-27(24)32-28(31)19-25)22-6-4-5-20(2)16-22/h4-12,16-18H,3,13-15,19,30H2,1-2H3,(H2,31,32). The lowest BCUT2D eigenvalue weighted by Gasteiger charge is -2.22. The summed E-state index contributed by atoms with van der Waals surface area (Å²) in [4.78, 5) is 23.9. The van der Waals surface area contributed by atoms with Crippen molar-refractivity contribution in [3.63, 3.8) is 0 Å². The average Bonchev–Trinajstić information content (AvgIpc) is 3.01. The van der Waals surface area contributed by atoms with E-state index in [-0.39, 0.29) is 12.3 Å². The first-order valence-electron chi connectivity index (χ1n) is 12.0. The molecule has 3 aromatic carbocycles. The van der Waals surface area contributed by atoms with Crippen LogP contribution in [0.5, 0.6) is 0 Å². The molecule has 1 heterocycles. The molecule has 3 aromatic rings. The smallest absolute Gasteiger partial charge is 0.273 e. The lowest BCUT2D eigenvalue weighted by molar-refractivity contribution is -0.182. The summed E-state index contributed by atoms with van der Waals surface area (Å²) >= 11 is 0. The molecule has 0 aromatic heterocycles. The first-order chi connectivity index (χ1) is 16.9. The highest BCUT2D eigenvalue weighted by molar-refractivity contribution is 6.05. The van der Waals surface area contributed by atoms with E-state index in [1.165, 1.54) is 10.6 Å². The van der Waals surface area contributed by atoms with Crippen LogP contribution in [-0.4, -0.2) is 30.0 Å². The second-order valence-corrected chi connectivity index (χ2v) is 8.82. The number of fused-ring (bicyclic) bond motifs is 1. The molecular formula is C29H32N4O2. The van der Waals surface area contributed by atoms with Crippen LogP contribution in [0, 0.1) is 6.92 Å². The van der Waals surface area contributed by atoms with Crippen molar-refractivity contribution in [3.8, 4) is 11.1 Å². The maximum Gasteiger partial charge on any atom is 0.273 e. The van der Waals surface area contributed by atoms with Gasteiger partial charge in [0.1, 0.15) is 5.84 Å². The van der Waals surface area contributed by atoms with Crippen LogP contribution in [0.2, 0.25) is 0 Å². The molecule has 4 rings (SSSR count). The Balaban J connectivity index is 1.53. The number of hydrogen-bond acceptors (Lipinski definition) is 5. The van der Waals surface area contributed by atoms with Gasteiger partial charge in [-0.25, -0.2) is 10.1 Å². The van der Waals surface area contributed by atoms with E-state index in [2.05, 4.69) is 36.2 Å². The largest absolute Gasteiger partial charge is 0.399 e. The van der Waals surface area contributed by atoms with Gasteiger partial charge >= 0.3 is 0 Å². The van der Waals surface area contributed by atoms with E-state index < -0.39 is 0 Å². The minimum absolute atomic E-state index is 0.182. The van der Waals surface area contributed by atoms with E-state index in [0.29, 0.717) is 31.0 Å². The number of carbonyl (C=O) groups excluding carboxylic acids is 1. The zero-order chi connectivity index (χ0) is 24.8. The van der Waals surface area contributed by atoms with Crippen LogP contribution in [0.15, 0.2) is 77.3 Å². The molecule has 0 bridgehead atoms. The summed E-state index contributed by atoms with van der Waals surface area (Å²) in [6, 6.07) is 22.1. The first-order valence-corrected chi connectivity index (χ1v) is 12.0. The second kappa shape index (κ2) is 11.0. The molecule has 0 saturated carbocycles. The predicted octanol–water partition coefficient (Wildman–Crippen LogP) is 5.43. The molecule has 35 heavy (non-hydrogen) atoms. The monoisotopic (exact) mass is 468 g/mol. The van der Waals surface area contributed by atoms with E-state index in [0.717, 1.165) is 40.0 Å². The lowest BCUT2D eigenvalue weighted by atomic mass is 10.00. The maximum atomic E-state index is 13.4. The van der Waals surface area contributed by atoms with Crippen molar-refractivity contribution in [2.24, 2.45) is 10.7 Å². The molecule has 1 amide bonds. The molecule has 180 valence electrons. The molecule has 6 nitrogen and oxygen atoms in total. The number of amides is 1. The Bertz CT molecular complexity index is 1260. The van der Waals surface area contributed by atoms with Gasteiger partial charge in [-0.2, -0.15) is 0 Å². The van der Waals surface area contributed by atoms with E-state index in [9.17, 15) is 4.79 Å². The van der Waals surface area contributed by atoms with Gasteiger partial charge in [0.15, 0.2) is 0 Å². The van der Waals surface area contributed by atoms with Gasteiger partial charge in [-0.1, -0.05) is 61.0 Å². The van der Waals surface area contributed by atoms with Gasteiger partial charge in [0.2, 0.25) is 0 Å². The Morgan fingerprint density at radius 3 is 2.54 bits per heavy atom. The maximum absolute atomic E-state index is 13.4. The van der Waals surface area contributed by atoms with Gasteiger partial charge in [0.25, 0.3) is 5.91 Å². The third-order valence-electron chi connectivity index (χ3n) is 5.89. The van der Waals surface area contributed by atoms with E-state index in [1.807, 2.05) is 55.5 Å². The number of aliphatic imine (C=N–C) groups is 1. The molecule has 1 aliphatic rings. The SMILES string of the molecule is CCCN(OCCc1ccc(N)cc1)C(=O)C1=Cc2ccc(-c3cccc(C)c3)cc2N=C(N)C1. The molecule has 6 heteroatoms. The normalized spacial score (nSPS) is 12.9. The fourth-order valence-electron chi connectivity index (χ4n) is 4.08. The molecule has 4 N–H and O–H groups in total. The van der Waals surface area contributed by atoms with Gasteiger partial charge in [-0.05, 0) is 60.7 Å². The highest BCUT2D eigenvalue weighted by Gasteiger charge is 2.22. The number of benzene rings is 3. The number of anilines is 1. The summed E-state index contributed by atoms with van der Waals surface area (Å²) < 4.78 is 0. The third kappa shape index (κ3) is 6.16. The first kappa shape index (κ1) is 24.2. The van der Waals surface area contributed by atoms with Crippen molar-refractivity contribution in [2.75, 3.05) is 18.9 Å². The van der Waals surface area contributed by atoms with Crippen molar-refractivity contribution >= 4 is 29.2 Å². The third-order valence-corrected chi connectivity index (χ3v) is 5.89. The van der Waals surface area contributed by atoms with Crippen molar-refractivity contribution in [2.45, 2.75) is 33.1 Å². The van der Waals surface area contributed by atoms with E-state index in [4.69, 9.17) is 16.3 Å². The highest BCUT2D eigenvalue weighted by atomic mass is 16.7. The average molecular weight is 469 g/mol. The Hall–Kier alpha value is -3.90. The quantitative estimate of drug-likeness (QED) is 0.340. The van der Waals surface area contributed by atoms with Gasteiger partial charge in [-0.15, -0.1) is 0 Å². The van der Waals surface area contributed by atoms with Crippen LogP contribution < -0.4 is 11.5 Å². The van der Waals surface area contributed by atoms with Crippen LogP contribution in [0.3, 0.4) is 0 Å². The minimum Gasteiger partial charge on any atom is -0.399 e. The Kier molecular flexibility index (Phi) is 7.63. The molecule has 0 spiro atoms. The second-order valence-electron chi connectivity index (χ2n) is 8.82. The van der Waals surface area contributed by atoms with Crippen molar-refractivity contribution in [1.29, 1.82) is 0 Å². The number of amidine groups is 1. The van der Waals surface area contributed by atoms with Gasteiger partial charge in [0.05, 0.1) is 12.3 Å². The van der Waals surface area contributed by atoms with Crippen LogP contribution in [0.1, 0.15) is 36.5 Å². The van der Waals surface area contributed by atoms with E-state index >= 15 is 0 Å². The molecular weight excluding hydrogens is 436 g/mol. The predicted molar refractivity (Wildman–Crippen MR) is 143 cm³/mol. The number of hydroxylamine groups is 2. The molecule has 0 unspecified atom stereocenters. The summed E-state index contributed by atoms with van der Waals surface area (Å²) in [5.74, 6) is 0.223. The zero-order valence-electron chi connectivity index (χ0n) is 20.3. The number of rotatable bonds is 8. The fraction of sp³-hybridized carbons (Fsp3) is 0.241. The zero-order valence-corrected chi connectivity index (χ0v) is 20.3. The van der Waals surface area contributed by atoms with Crippen molar-refractivity contribution in [1.82, 2.24) is 5.06 Å². The number of carbonyl (C=O) groups is 1.